The molecule has 1 saturated carbocycles. The molecule has 7 nitrogen and oxygen atoms in total. The third-order valence-corrected chi connectivity index (χ3v) is 2.84. The van der Waals surface area contributed by atoms with Crippen LogP contribution < -0.4 is 5.32 Å². The van der Waals surface area contributed by atoms with Crippen LogP contribution in [0.1, 0.15) is 18.4 Å². The number of nitriles is 1. The molecule has 1 atom stereocenters. The molecule has 0 radical (unpaired) electrons. The fourth-order valence-corrected chi connectivity index (χ4v) is 1.64. The highest BCUT2D eigenvalue weighted by molar-refractivity contribution is 5.58. The first-order valence-corrected chi connectivity index (χ1v) is 5.58. The minimum Gasteiger partial charge on any atom is -0.391 e. The van der Waals surface area contributed by atoms with Gasteiger partial charge in [0.2, 0.25) is 5.82 Å². The third-order valence-electron chi connectivity index (χ3n) is 2.84. The Balaban J connectivity index is 2.11. The van der Waals surface area contributed by atoms with Gasteiger partial charge >= 0.3 is 5.69 Å². The quantitative estimate of drug-likeness (QED) is 0.594. The van der Waals surface area contributed by atoms with E-state index in [1.165, 1.54) is 12.3 Å². The second kappa shape index (κ2) is 4.98. The number of aromatic nitrogens is 1. The Morgan fingerprint density at radius 3 is 3.00 bits per heavy atom. The third kappa shape index (κ3) is 2.73. The van der Waals surface area contributed by atoms with Crippen LogP contribution in [0.4, 0.5) is 11.5 Å². The number of pyridine rings is 1. The maximum Gasteiger partial charge on any atom is 0.312 e. The van der Waals surface area contributed by atoms with Gasteiger partial charge in [0.1, 0.15) is 6.07 Å². The number of nitrogens with zero attached hydrogens (tertiary/aromatic N) is 3. The predicted molar refractivity (Wildman–Crippen MR) is 62.8 cm³/mol. The molecule has 2 N–H and O–H groups in total. The van der Waals surface area contributed by atoms with Crippen LogP contribution in [0, 0.1) is 27.4 Å². The fourth-order valence-electron chi connectivity index (χ4n) is 1.64. The van der Waals surface area contributed by atoms with Crippen molar-refractivity contribution < 1.29 is 10.0 Å². The summed E-state index contributed by atoms with van der Waals surface area (Å²) in [6, 6.07) is 2.96. The summed E-state index contributed by atoms with van der Waals surface area (Å²) in [7, 11) is 0. The lowest BCUT2D eigenvalue weighted by molar-refractivity contribution is -0.384. The summed E-state index contributed by atoms with van der Waals surface area (Å²) in [6.07, 6.45) is 2.73. The lowest BCUT2D eigenvalue weighted by Gasteiger charge is -2.11. The summed E-state index contributed by atoms with van der Waals surface area (Å²) in [5.74, 6) is 0.369. The fraction of sp³-hybridized carbons (Fsp3) is 0.455. The standard InChI is InChI=1S/C11H12N4O3/c12-4-7-3-9(15(17)18)11(13-5-7)14-6-10(16)8-1-2-8/h3,5,8,10,16H,1-2,6H2,(H,13,14). The van der Waals surface area contributed by atoms with Gasteiger partial charge in [-0.05, 0) is 18.8 Å². The monoisotopic (exact) mass is 248 g/mol. The Kier molecular flexibility index (Phi) is 3.39. The van der Waals surface area contributed by atoms with Gasteiger partial charge in [0.15, 0.2) is 0 Å². The molecule has 1 unspecified atom stereocenters. The molecule has 1 aromatic rings. The minimum atomic E-state index is -0.598. The van der Waals surface area contributed by atoms with Gasteiger partial charge in [-0.25, -0.2) is 4.98 Å². The first kappa shape index (κ1) is 12.3. The van der Waals surface area contributed by atoms with Crippen molar-refractivity contribution >= 4 is 11.5 Å². The second-order valence-electron chi connectivity index (χ2n) is 4.25. The number of nitro groups is 1. The van der Waals surface area contributed by atoms with Gasteiger partial charge in [-0.1, -0.05) is 0 Å². The lowest BCUT2D eigenvalue weighted by Crippen LogP contribution is -2.22. The van der Waals surface area contributed by atoms with Crippen molar-refractivity contribution in [3.8, 4) is 6.07 Å². The van der Waals surface area contributed by atoms with Crippen LogP contribution in [0.15, 0.2) is 12.3 Å². The highest BCUT2D eigenvalue weighted by atomic mass is 16.6. The number of anilines is 1. The van der Waals surface area contributed by atoms with Crippen molar-refractivity contribution in [3.05, 3.63) is 27.9 Å². The molecule has 0 aliphatic heterocycles. The van der Waals surface area contributed by atoms with Crippen LogP contribution in [-0.4, -0.2) is 27.7 Å². The number of rotatable bonds is 5. The van der Waals surface area contributed by atoms with Crippen molar-refractivity contribution in [2.75, 3.05) is 11.9 Å². The summed E-state index contributed by atoms with van der Waals surface area (Å²) in [4.78, 5) is 14.1. The first-order chi connectivity index (χ1) is 8.61. The molecule has 1 aliphatic rings. The summed E-state index contributed by atoms with van der Waals surface area (Å²) in [5.41, 5.74) is -0.118. The molecule has 1 aromatic heterocycles. The summed E-state index contributed by atoms with van der Waals surface area (Å²) < 4.78 is 0. The molecule has 1 heterocycles. The molecule has 0 aromatic carbocycles. The van der Waals surface area contributed by atoms with E-state index in [0.29, 0.717) is 0 Å². The van der Waals surface area contributed by atoms with E-state index in [2.05, 4.69) is 10.3 Å². The number of nitrogens with one attached hydrogen (secondary N) is 1. The summed E-state index contributed by atoms with van der Waals surface area (Å²) in [5, 5.41) is 31.9. The van der Waals surface area contributed by atoms with Crippen molar-refractivity contribution in [1.82, 2.24) is 4.98 Å². The highest BCUT2D eigenvalue weighted by Crippen LogP contribution is 2.33. The van der Waals surface area contributed by atoms with Crippen LogP contribution in [0.2, 0.25) is 0 Å². The number of hydrogen-bond donors (Lipinski definition) is 2. The second-order valence-corrected chi connectivity index (χ2v) is 4.25. The molecule has 0 spiro atoms. The average molecular weight is 248 g/mol. The van der Waals surface area contributed by atoms with E-state index in [9.17, 15) is 15.2 Å². The normalized spacial score (nSPS) is 15.8. The molecule has 94 valence electrons. The van der Waals surface area contributed by atoms with Crippen LogP contribution in [-0.2, 0) is 0 Å². The number of aliphatic hydroxyl groups excluding tert-OH is 1. The van der Waals surface area contributed by atoms with E-state index in [0.717, 1.165) is 12.8 Å². The SMILES string of the molecule is N#Cc1cnc(NCC(O)C2CC2)c([N+](=O)[O-])c1. The van der Waals surface area contributed by atoms with E-state index in [1.54, 1.807) is 6.07 Å². The Hall–Kier alpha value is -2.20. The van der Waals surface area contributed by atoms with Gasteiger partial charge in [-0.15, -0.1) is 0 Å². The maximum atomic E-state index is 10.8. The van der Waals surface area contributed by atoms with Crippen molar-refractivity contribution in [2.24, 2.45) is 5.92 Å². The van der Waals surface area contributed by atoms with Gasteiger partial charge in [0, 0.05) is 18.8 Å². The van der Waals surface area contributed by atoms with Crippen LogP contribution in [0.3, 0.4) is 0 Å². The van der Waals surface area contributed by atoms with Gasteiger partial charge in [0.25, 0.3) is 0 Å². The van der Waals surface area contributed by atoms with Crippen molar-refractivity contribution in [3.63, 3.8) is 0 Å². The maximum absolute atomic E-state index is 10.8. The van der Waals surface area contributed by atoms with Crippen molar-refractivity contribution in [1.29, 1.82) is 5.26 Å². The summed E-state index contributed by atoms with van der Waals surface area (Å²) >= 11 is 0. The molecule has 0 saturated heterocycles. The zero-order valence-corrected chi connectivity index (χ0v) is 9.54. The Morgan fingerprint density at radius 2 is 2.44 bits per heavy atom. The lowest BCUT2D eigenvalue weighted by atomic mass is 10.2. The number of hydrogen-bond acceptors (Lipinski definition) is 6. The van der Waals surface area contributed by atoms with Crippen molar-refractivity contribution in [2.45, 2.75) is 18.9 Å². The Bertz CT molecular complexity index is 508. The zero-order valence-electron chi connectivity index (χ0n) is 9.54. The van der Waals surface area contributed by atoms with Gasteiger partial charge in [0.05, 0.1) is 16.6 Å². The van der Waals surface area contributed by atoms with Gasteiger partial charge < -0.3 is 10.4 Å². The predicted octanol–water partition coefficient (Wildman–Crippen LogP) is 1.04. The molecular weight excluding hydrogens is 236 g/mol. The molecule has 0 bridgehead atoms. The molecule has 1 fully saturated rings. The first-order valence-electron chi connectivity index (χ1n) is 5.58. The summed E-state index contributed by atoms with van der Waals surface area (Å²) in [6.45, 7) is 0.227. The Labute approximate surface area is 103 Å². The molecule has 18 heavy (non-hydrogen) atoms. The van der Waals surface area contributed by atoms with E-state index >= 15 is 0 Å². The minimum absolute atomic E-state index is 0.0821. The van der Waals surface area contributed by atoms with Crippen LogP contribution >= 0.6 is 0 Å². The van der Waals surface area contributed by atoms with Crippen LogP contribution in [0.5, 0.6) is 0 Å². The topological polar surface area (TPSA) is 112 Å². The number of aliphatic hydroxyl groups is 1. The smallest absolute Gasteiger partial charge is 0.312 e. The molecule has 7 heteroatoms. The highest BCUT2D eigenvalue weighted by Gasteiger charge is 2.30. The van der Waals surface area contributed by atoms with Crippen LogP contribution in [0.25, 0.3) is 0 Å². The average Bonchev–Trinajstić information content (AvgIpc) is 3.19. The molecule has 1 aliphatic carbocycles. The van der Waals surface area contributed by atoms with Gasteiger partial charge in [-0.2, -0.15) is 5.26 Å². The largest absolute Gasteiger partial charge is 0.391 e. The van der Waals surface area contributed by atoms with Gasteiger partial charge in [-0.3, -0.25) is 10.1 Å². The van der Waals surface area contributed by atoms with E-state index in [4.69, 9.17) is 5.26 Å². The van der Waals surface area contributed by atoms with E-state index in [1.807, 2.05) is 0 Å². The molecule has 0 amide bonds. The van der Waals surface area contributed by atoms with E-state index in [-0.39, 0.29) is 29.5 Å². The molecular formula is C11H12N4O3. The molecule has 2 rings (SSSR count). The van der Waals surface area contributed by atoms with E-state index < -0.39 is 11.0 Å². The Morgan fingerprint density at radius 1 is 1.72 bits per heavy atom. The zero-order chi connectivity index (χ0) is 13.1.